The molecule has 0 bridgehead atoms. The average molecular weight is 333 g/mol. The van der Waals surface area contributed by atoms with Gasteiger partial charge in [0.15, 0.2) is 0 Å². The predicted molar refractivity (Wildman–Crippen MR) is 106 cm³/mol. The Morgan fingerprint density at radius 3 is 1.00 bits per heavy atom. The first kappa shape index (κ1) is 23.7. The largest absolute Gasteiger partial charge is 2.00 e. The minimum absolute atomic E-state index is 0. The van der Waals surface area contributed by atoms with Crippen LogP contribution in [-0.4, -0.2) is 46.2 Å². The van der Waals surface area contributed by atoms with Crippen molar-refractivity contribution in [2.45, 2.75) is 129 Å². The molecule has 2 aliphatic carbocycles. The van der Waals surface area contributed by atoms with E-state index in [0.717, 1.165) is 0 Å². The van der Waals surface area contributed by atoms with Gasteiger partial charge in [-0.1, -0.05) is 106 Å². The molecule has 0 heterocycles. The van der Waals surface area contributed by atoms with Crippen molar-refractivity contribution < 1.29 is 0 Å². The van der Waals surface area contributed by atoms with Crippen LogP contribution in [0.3, 0.4) is 0 Å². The quantitative estimate of drug-likeness (QED) is 0.509. The maximum atomic E-state index is 4.77. The molecule has 2 aliphatic rings. The number of hydrogen-bond donors (Lipinski definition) is 0. The van der Waals surface area contributed by atoms with Crippen molar-refractivity contribution in [2.24, 2.45) is 0 Å². The fraction of sp³-hybridized carbons (Fsp3) is 1.00. The Balaban J connectivity index is 0.000000403. The van der Waals surface area contributed by atoms with Crippen LogP contribution in [0.15, 0.2) is 0 Å². The summed E-state index contributed by atoms with van der Waals surface area (Å²) in [5.74, 6) is 0. The van der Waals surface area contributed by atoms with Gasteiger partial charge in [-0.3, -0.25) is 0 Å². The standard InChI is InChI=1S/2C10H20N.Mg/c2*1-10(2,3)11-9-7-5-4-6-8-9;/h2*9H,4-8H2,1-3H3;/q2*-1;+2. The molecular formula is C20H40MgN2. The molecule has 2 rings (SSSR count). The fourth-order valence-corrected chi connectivity index (χ4v) is 3.52. The van der Waals surface area contributed by atoms with Crippen LogP contribution in [0, 0.1) is 0 Å². The van der Waals surface area contributed by atoms with Crippen molar-refractivity contribution >= 4 is 23.1 Å². The Labute approximate surface area is 162 Å². The first-order valence-electron chi connectivity index (χ1n) is 9.60. The molecule has 0 aromatic heterocycles. The van der Waals surface area contributed by atoms with Crippen LogP contribution in [0.2, 0.25) is 0 Å². The smallest absolute Gasteiger partial charge is 0.655 e. The van der Waals surface area contributed by atoms with Crippen molar-refractivity contribution in [3.8, 4) is 0 Å². The maximum absolute atomic E-state index is 4.77. The van der Waals surface area contributed by atoms with E-state index in [1.54, 1.807) is 0 Å². The zero-order valence-corrected chi connectivity index (χ0v) is 18.2. The zero-order valence-electron chi connectivity index (χ0n) is 16.8. The number of hydrogen-bond acceptors (Lipinski definition) is 0. The molecule has 0 radical (unpaired) electrons. The van der Waals surface area contributed by atoms with E-state index in [1.165, 1.54) is 64.2 Å². The van der Waals surface area contributed by atoms with Crippen molar-refractivity contribution in [2.75, 3.05) is 0 Å². The summed E-state index contributed by atoms with van der Waals surface area (Å²) in [5, 5.41) is 9.54. The molecule has 2 fully saturated rings. The van der Waals surface area contributed by atoms with Gasteiger partial charge in [0.25, 0.3) is 0 Å². The van der Waals surface area contributed by atoms with E-state index in [0.29, 0.717) is 12.1 Å². The van der Waals surface area contributed by atoms with Gasteiger partial charge in [-0.05, 0) is 0 Å². The Hall–Kier alpha value is 0.686. The molecule has 0 amide bonds. The Morgan fingerprint density at radius 1 is 0.522 bits per heavy atom. The summed E-state index contributed by atoms with van der Waals surface area (Å²) in [6.45, 7) is 13.2. The molecule has 0 aliphatic heterocycles. The van der Waals surface area contributed by atoms with E-state index >= 15 is 0 Å². The summed E-state index contributed by atoms with van der Waals surface area (Å²) in [6.07, 6.45) is 13.7. The average Bonchev–Trinajstić information content (AvgIpc) is 2.38. The Kier molecular flexibility index (Phi) is 11.7. The number of nitrogens with zero attached hydrogens (tertiary/aromatic N) is 2. The zero-order chi connectivity index (χ0) is 16.6. The van der Waals surface area contributed by atoms with Gasteiger partial charge in [-0.25, -0.2) is 0 Å². The molecule has 0 aromatic rings. The third-order valence-corrected chi connectivity index (χ3v) is 4.29. The molecule has 0 aromatic carbocycles. The SMILES string of the molecule is CC(C)(C)[N-]C1CCCCC1.CC(C)(C)[N-]C1CCCCC1.[Mg+2]. The van der Waals surface area contributed by atoms with E-state index in [4.69, 9.17) is 10.6 Å². The first-order chi connectivity index (χ1) is 10.2. The van der Waals surface area contributed by atoms with E-state index in [-0.39, 0.29) is 34.1 Å². The van der Waals surface area contributed by atoms with Gasteiger partial charge < -0.3 is 10.6 Å². The molecule has 2 saturated carbocycles. The van der Waals surface area contributed by atoms with Crippen LogP contribution in [0.25, 0.3) is 10.6 Å². The van der Waals surface area contributed by atoms with Gasteiger partial charge in [0.05, 0.1) is 0 Å². The first-order valence-corrected chi connectivity index (χ1v) is 9.60. The van der Waals surface area contributed by atoms with Gasteiger partial charge in [-0.15, -0.1) is 23.2 Å². The van der Waals surface area contributed by atoms with Crippen LogP contribution < -0.4 is 0 Å². The molecule has 3 heteroatoms. The van der Waals surface area contributed by atoms with Crippen LogP contribution in [0.5, 0.6) is 0 Å². The van der Waals surface area contributed by atoms with E-state index in [2.05, 4.69) is 41.5 Å². The van der Waals surface area contributed by atoms with Gasteiger partial charge in [-0.2, -0.15) is 0 Å². The second kappa shape index (κ2) is 11.3. The molecule has 23 heavy (non-hydrogen) atoms. The molecule has 0 unspecified atom stereocenters. The summed E-state index contributed by atoms with van der Waals surface area (Å²) in [7, 11) is 0. The molecule has 0 atom stereocenters. The third kappa shape index (κ3) is 13.6. The van der Waals surface area contributed by atoms with Crippen molar-refractivity contribution in [3.05, 3.63) is 10.6 Å². The summed E-state index contributed by atoms with van der Waals surface area (Å²) in [5.41, 5.74) is 0.365. The van der Waals surface area contributed by atoms with Gasteiger partial charge in [0.1, 0.15) is 0 Å². The van der Waals surface area contributed by atoms with Gasteiger partial charge in [0, 0.05) is 0 Å². The van der Waals surface area contributed by atoms with Crippen LogP contribution in [0.4, 0.5) is 0 Å². The summed E-state index contributed by atoms with van der Waals surface area (Å²) < 4.78 is 0. The van der Waals surface area contributed by atoms with Gasteiger partial charge >= 0.3 is 23.1 Å². The minimum atomic E-state index is 0. The van der Waals surface area contributed by atoms with Crippen LogP contribution >= 0.6 is 0 Å². The van der Waals surface area contributed by atoms with Crippen molar-refractivity contribution in [3.63, 3.8) is 0 Å². The Morgan fingerprint density at radius 2 is 0.783 bits per heavy atom. The minimum Gasteiger partial charge on any atom is -0.655 e. The molecule has 132 valence electrons. The predicted octanol–water partition coefficient (Wildman–Crippen LogP) is 6.60. The van der Waals surface area contributed by atoms with Crippen LogP contribution in [-0.2, 0) is 0 Å². The Bertz CT molecular complexity index is 249. The summed E-state index contributed by atoms with van der Waals surface area (Å²) >= 11 is 0. The van der Waals surface area contributed by atoms with E-state index in [1.807, 2.05) is 0 Å². The molecular weight excluding hydrogens is 293 g/mol. The summed E-state index contributed by atoms with van der Waals surface area (Å²) in [4.78, 5) is 0. The topological polar surface area (TPSA) is 28.2 Å². The van der Waals surface area contributed by atoms with Crippen molar-refractivity contribution in [1.29, 1.82) is 0 Å². The third-order valence-electron chi connectivity index (χ3n) is 4.29. The summed E-state index contributed by atoms with van der Waals surface area (Å²) in [6, 6.07) is 1.34. The van der Waals surface area contributed by atoms with E-state index in [9.17, 15) is 0 Å². The number of rotatable bonds is 2. The van der Waals surface area contributed by atoms with Crippen molar-refractivity contribution in [1.82, 2.24) is 0 Å². The molecule has 0 saturated heterocycles. The molecule has 0 N–H and O–H groups in total. The van der Waals surface area contributed by atoms with E-state index < -0.39 is 0 Å². The second-order valence-electron chi connectivity index (χ2n) is 9.18. The molecule has 2 nitrogen and oxygen atoms in total. The maximum Gasteiger partial charge on any atom is 2.00 e. The second-order valence-corrected chi connectivity index (χ2v) is 9.18. The van der Waals surface area contributed by atoms with Gasteiger partial charge in [0.2, 0.25) is 0 Å². The fourth-order valence-electron chi connectivity index (χ4n) is 3.52. The van der Waals surface area contributed by atoms with Crippen LogP contribution in [0.1, 0.15) is 106 Å². The normalized spacial score (nSPS) is 21.1. The monoisotopic (exact) mass is 332 g/mol. The molecule has 0 spiro atoms.